The first kappa shape index (κ1) is 22.2. The SMILES string of the molecule is CC(Oc1ccc2c(=O)c(O)c(-c3cc(O)c(O)cc3O)oc2c1)OC(CO)CCO. The first-order valence-corrected chi connectivity index (χ1v) is 9.34. The zero-order valence-corrected chi connectivity index (χ0v) is 16.5. The predicted octanol–water partition coefficient (Wildman–Crippen LogP) is 1.77. The second-order valence-corrected chi connectivity index (χ2v) is 6.76. The normalized spacial score (nSPS) is 13.3. The van der Waals surface area contributed by atoms with Gasteiger partial charge >= 0.3 is 0 Å². The lowest BCUT2D eigenvalue weighted by Gasteiger charge is -2.21. The lowest BCUT2D eigenvalue weighted by atomic mass is 10.1. The van der Waals surface area contributed by atoms with E-state index >= 15 is 0 Å². The van der Waals surface area contributed by atoms with E-state index in [0.717, 1.165) is 12.1 Å². The number of ether oxygens (including phenoxy) is 2. The number of aromatic hydroxyl groups is 4. The fourth-order valence-electron chi connectivity index (χ4n) is 3.00. The Kier molecular flexibility index (Phi) is 6.54. The molecule has 0 fully saturated rings. The minimum atomic E-state index is -0.803. The van der Waals surface area contributed by atoms with Crippen LogP contribution >= 0.6 is 0 Å². The van der Waals surface area contributed by atoms with E-state index in [-0.39, 0.29) is 41.9 Å². The van der Waals surface area contributed by atoms with E-state index in [2.05, 4.69) is 0 Å². The van der Waals surface area contributed by atoms with Crippen LogP contribution in [0.3, 0.4) is 0 Å². The van der Waals surface area contributed by atoms with E-state index < -0.39 is 46.6 Å². The average Bonchev–Trinajstić information content (AvgIpc) is 2.73. The molecule has 0 radical (unpaired) electrons. The Morgan fingerprint density at radius 2 is 1.71 bits per heavy atom. The van der Waals surface area contributed by atoms with Crippen molar-refractivity contribution >= 4 is 11.0 Å². The van der Waals surface area contributed by atoms with Crippen LogP contribution in [0.1, 0.15) is 13.3 Å². The van der Waals surface area contributed by atoms with Crippen LogP contribution in [-0.2, 0) is 4.74 Å². The summed E-state index contributed by atoms with van der Waals surface area (Å²) in [5.41, 5.74) is -0.963. The summed E-state index contributed by atoms with van der Waals surface area (Å²) in [5.74, 6) is -2.64. The van der Waals surface area contributed by atoms with Crippen molar-refractivity contribution in [3.05, 3.63) is 40.6 Å². The van der Waals surface area contributed by atoms with Crippen LogP contribution in [0, 0.1) is 0 Å². The molecule has 3 aromatic rings. The molecule has 31 heavy (non-hydrogen) atoms. The van der Waals surface area contributed by atoms with Gasteiger partial charge in [-0.3, -0.25) is 4.79 Å². The molecule has 2 unspecified atom stereocenters. The molecule has 2 atom stereocenters. The van der Waals surface area contributed by atoms with Gasteiger partial charge in [0.05, 0.1) is 23.7 Å². The van der Waals surface area contributed by atoms with Gasteiger partial charge in [0.25, 0.3) is 0 Å². The summed E-state index contributed by atoms with van der Waals surface area (Å²) < 4.78 is 16.7. The van der Waals surface area contributed by atoms with Gasteiger partial charge in [-0.05, 0) is 31.5 Å². The Hall–Kier alpha value is -3.47. The molecule has 10 heteroatoms. The van der Waals surface area contributed by atoms with E-state index in [1.807, 2.05) is 0 Å². The Bertz CT molecular complexity index is 1140. The molecule has 0 saturated carbocycles. The fourth-order valence-corrected chi connectivity index (χ4v) is 3.00. The van der Waals surface area contributed by atoms with Crippen LogP contribution in [-0.4, -0.2) is 56.2 Å². The number of phenolic OH excluding ortho intramolecular Hbond substituents is 3. The van der Waals surface area contributed by atoms with Gasteiger partial charge in [-0.1, -0.05) is 0 Å². The predicted molar refractivity (Wildman–Crippen MR) is 108 cm³/mol. The summed E-state index contributed by atoms with van der Waals surface area (Å²) in [7, 11) is 0. The smallest absolute Gasteiger partial charge is 0.235 e. The van der Waals surface area contributed by atoms with Crippen molar-refractivity contribution in [1.82, 2.24) is 0 Å². The molecule has 0 spiro atoms. The third-order valence-corrected chi connectivity index (χ3v) is 4.52. The summed E-state index contributed by atoms with van der Waals surface area (Å²) in [6.45, 7) is 1.12. The van der Waals surface area contributed by atoms with Crippen molar-refractivity contribution in [1.29, 1.82) is 0 Å². The molecule has 2 aromatic carbocycles. The molecule has 0 bridgehead atoms. The van der Waals surface area contributed by atoms with E-state index in [0.29, 0.717) is 0 Å². The highest BCUT2D eigenvalue weighted by Gasteiger charge is 2.21. The second-order valence-electron chi connectivity index (χ2n) is 6.76. The first-order valence-electron chi connectivity index (χ1n) is 9.34. The van der Waals surface area contributed by atoms with Crippen LogP contribution in [0.4, 0.5) is 0 Å². The highest BCUT2D eigenvalue weighted by Crippen LogP contribution is 2.41. The maximum atomic E-state index is 12.6. The van der Waals surface area contributed by atoms with Gasteiger partial charge < -0.3 is 44.5 Å². The zero-order chi connectivity index (χ0) is 22.7. The number of phenols is 3. The van der Waals surface area contributed by atoms with Gasteiger partial charge in [-0.15, -0.1) is 0 Å². The standard InChI is InChI=1S/C21H22O10/c1-10(30-12(9-23)4-5-22)29-11-2-3-13-18(6-11)31-21(20(28)19(13)27)14-7-16(25)17(26)8-15(14)24/h2-3,6-8,10,12,22-26,28H,4-5,9H2,1H3. The lowest BCUT2D eigenvalue weighted by molar-refractivity contribution is -0.125. The van der Waals surface area contributed by atoms with Crippen LogP contribution in [0.25, 0.3) is 22.3 Å². The summed E-state index contributed by atoms with van der Waals surface area (Å²) >= 11 is 0. The molecular weight excluding hydrogens is 412 g/mol. The molecule has 1 aromatic heterocycles. The minimum Gasteiger partial charge on any atom is -0.507 e. The van der Waals surface area contributed by atoms with Crippen LogP contribution in [0.15, 0.2) is 39.5 Å². The molecule has 1 heterocycles. The van der Waals surface area contributed by atoms with E-state index in [4.69, 9.17) is 19.0 Å². The maximum absolute atomic E-state index is 12.6. The summed E-state index contributed by atoms with van der Waals surface area (Å²) in [6, 6.07) is 5.99. The van der Waals surface area contributed by atoms with E-state index in [1.54, 1.807) is 6.92 Å². The highest BCUT2D eigenvalue weighted by atomic mass is 16.7. The molecular formula is C21H22O10. The van der Waals surface area contributed by atoms with Crippen molar-refractivity contribution in [2.75, 3.05) is 13.2 Å². The van der Waals surface area contributed by atoms with Crippen molar-refractivity contribution in [3.63, 3.8) is 0 Å². The van der Waals surface area contributed by atoms with Crippen molar-refractivity contribution in [2.24, 2.45) is 0 Å². The third kappa shape index (κ3) is 4.66. The first-order chi connectivity index (χ1) is 14.7. The number of aliphatic hydroxyl groups is 2. The molecule has 0 aliphatic heterocycles. The monoisotopic (exact) mass is 434 g/mol. The summed E-state index contributed by atoms with van der Waals surface area (Å²) in [6.07, 6.45) is -1.20. The molecule has 0 aliphatic carbocycles. The lowest BCUT2D eigenvalue weighted by Crippen LogP contribution is -2.28. The number of hydrogen-bond donors (Lipinski definition) is 6. The van der Waals surface area contributed by atoms with Gasteiger partial charge in [0, 0.05) is 18.7 Å². The van der Waals surface area contributed by atoms with Gasteiger partial charge in [-0.2, -0.15) is 0 Å². The number of aliphatic hydroxyl groups excluding tert-OH is 2. The summed E-state index contributed by atoms with van der Waals surface area (Å²) in [5, 5.41) is 57.8. The van der Waals surface area contributed by atoms with Crippen molar-refractivity contribution < 1.29 is 44.5 Å². The molecule has 0 aliphatic rings. The number of fused-ring (bicyclic) bond motifs is 1. The Balaban J connectivity index is 1.98. The third-order valence-electron chi connectivity index (χ3n) is 4.52. The van der Waals surface area contributed by atoms with Crippen LogP contribution in [0.5, 0.6) is 28.7 Å². The average molecular weight is 434 g/mol. The molecule has 166 valence electrons. The van der Waals surface area contributed by atoms with Crippen molar-refractivity contribution in [2.45, 2.75) is 25.7 Å². The van der Waals surface area contributed by atoms with Gasteiger partial charge in [-0.25, -0.2) is 0 Å². The number of benzene rings is 2. The maximum Gasteiger partial charge on any atom is 0.235 e. The highest BCUT2D eigenvalue weighted by molar-refractivity contribution is 5.84. The van der Waals surface area contributed by atoms with E-state index in [1.165, 1.54) is 18.2 Å². The minimum absolute atomic E-state index is 0.0172. The van der Waals surface area contributed by atoms with Gasteiger partial charge in [0.1, 0.15) is 17.1 Å². The quantitative estimate of drug-likeness (QED) is 0.174. The fraction of sp³-hybridized carbons (Fsp3) is 0.286. The number of rotatable bonds is 8. The Morgan fingerprint density at radius 1 is 1.00 bits per heavy atom. The topological polar surface area (TPSA) is 170 Å². The zero-order valence-electron chi connectivity index (χ0n) is 16.5. The largest absolute Gasteiger partial charge is 0.507 e. The van der Waals surface area contributed by atoms with Gasteiger partial charge in [0.15, 0.2) is 23.5 Å². The van der Waals surface area contributed by atoms with Gasteiger partial charge in [0.2, 0.25) is 11.2 Å². The molecule has 3 rings (SSSR count). The van der Waals surface area contributed by atoms with Crippen LogP contribution < -0.4 is 10.2 Å². The molecule has 0 saturated heterocycles. The second kappa shape index (κ2) is 9.13. The molecule has 6 N–H and O–H groups in total. The van der Waals surface area contributed by atoms with E-state index in [9.17, 15) is 30.3 Å². The van der Waals surface area contributed by atoms with Crippen molar-refractivity contribution in [3.8, 4) is 40.1 Å². The summed E-state index contributed by atoms with van der Waals surface area (Å²) in [4.78, 5) is 12.6. The Labute approximate surface area is 175 Å². The molecule has 10 nitrogen and oxygen atoms in total. The molecule has 0 amide bonds. The Morgan fingerprint density at radius 3 is 2.39 bits per heavy atom. The van der Waals surface area contributed by atoms with Crippen LogP contribution in [0.2, 0.25) is 0 Å². The number of hydrogen-bond acceptors (Lipinski definition) is 10.